The topological polar surface area (TPSA) is 242 Å². The summed E-state index contributed by atoms with van der Waals surface area (Å²) in [5.41, 5.74) is -2.54. The van der Waals surface area contributed by atoms with Crippen molar-refractivity contribution in [2.45, 2.75) is 159 Å². The molecule has 2 aromatic rings. The molecule has 2 aliphatic heterocycles. The van der Waals surface area contributed by atoms with Crippen molar-refractivity contribution in [3.63, 3.8) is 0 Å². The Morgan fingerprint density at radius 2 is 1.49 bits per heavy atom. The summed E-state index contributed by atoms with van der Waals surface area (Å²) in [7, 11) is 0. The number of Topliss-reactive ketones (excluding diaryl/α,β-unsaturated/α-hetero) is 1. The van der Waals surface area contributed by atoms with Crippen molar-refractivity contribution in [1.82, 2.24) is 5.06 Å². The average Bonchev–Trinajstić information content (AvgIpc) is 3.26. The monoisotopic (exact) mass is 906 g/mol. The minimum Gasteiger partial charge on any atom is -0.460 e. The fourth-order valence-electron chi connectivity index (χ4n) is 12.6. The van der Waals surface area contributed by atoms with Crippen LogP contribution in [0.15, 0.2) is 60.7 Å². The van der Waals surface area contributed by atoms with Crippen LogP contribution in [0, 0.1) is 34.5 Å². The van der Waals surface area contributed by atoms with E-state index in [1.165, 1.54) is 31.0 Å². The number of ether oxygens (including phenoxy) is 5. The lowest BCUT2D eigenvalue weighted by Gasteiger charge is -2.69. The maximum absolute atomic E-state index is 16.2. The Morgan fingerprint density at radius 1 is 0.908 bits per heavy atom. The standard InChI is InChI=1S/C49H66N2O14/c1-10-46(8)34-26(2)31(62-43(58)36(54)35(50)28-17-13-11-14-18-28)24-49(46,59)40(64-41(56)29-19-15-12-16-20-29)38-47(9,32(53)21-33-48(38,25-61-33)65-27(3)52)39(55)37(34)63-42(57)30-22-44(4,5)51(60)45(6,7)23-30/h11-20,26,30-38,40,53-54,59-60H,10,21-25,50H2,1-9H3/t26?,31-,32-,33+,34?,35-,36+,37+,38-,40-,46?,47+,48-,49+/m0/s1. The van der Waals surface area contributed by atoms with Crippen LogP contribution in [-0.2, 0) is 42.9 Å². The first kappa shape index (κ1) is 48.6. The molecule has 5 aliphatic rings. The first-order valence-corrected chi connectivity index (χ1v) is 22.7. The van der Waals surface area contributed by atoms with Gasteiger partial charge in [-0.3, -0.25) is 14.4 Å². The number of esters is 4. The Hall–Kier alpha value is -4.29. The maximum atomic E-state index is 16.2. The second kappa shape index (κ2) is 17.1. The highest BCUT2D eigenvalue weighted by Gasteiger charge is 2.80. The van der Waals surface area contributed by atoms with Crippen LogP contribution in [0.25, 0.3) is 0 Å². The summed E-state index contributed by atoms with van der Waals surface area (Å²) in [6, 6.07) is 15.2. The molecule has 6 N–H and O–H groups in total. The fraction of sp³-hybridized carbons (Fsp3) is 0.653. The molecule has 3 aliphatic carbocycles. The molecule has 16 heteroatoms. The van der Waals surface area contributed by atoms with Crippen molar-refractivity contribution in [2.75, 3.05) is 6.61 Å². The second-order valence-electron chi connectivity index (χ2n) is 21.0. The second-order valence-corrected chi connectivity index (χ2v) is 21.0. The zero-order valence-corrected chi connectivity index (χ0v) is 38.8. The lowest BCUT2D eigenvalue weighted by Crippen LogP contribution is -2.83. The van der Waals surface area contributed by atoms with Crippen molar-refractivity contribution in [3.8, 4) is 0 Å². The number of hydrogen-bond donors (Lipinski definition) is 5. The molecule has 5 fully saturated rings. The van der Waals surface area contributed by atoms with Gasteiger partial charge in [0.05, 0.1) is 41.6 Å². The van der Waals surface area contributed by atoms with E-state index in [-0.39, 0.29) is 37.9 Å². The number of nitrogens with zero attached hydrogens (tertiary/aromatic N) is 1. The number of hydrogen-bond acceptors (Lipinski definition) is 16. The molecule has 2 saturated heterocycles. The van der Waals surface area contributed by atoms with Gasteiger partial charge in [0.15, 0.2) is 23.6 Å². The molecule has 0 amide bonds. The van der Waals surface area contributed by atoms with E-state index in [9.17, 15) is 39.7 Å². The highest BCUT2D eigenvalue weighted by Crippen LogP contribution is 2.66. The number of rotatable bonds is 10. The number of benzene rings is 2. The van der Waals surface area contributed by atoms with Crippen molar-refractivity contribution in [2.24, 2.45) is 40.2 Å². The Kier molecular flexibility index (Phi) is 12.8. The van der Waals surface area contributed by atoms with Gasteiger partial charge >= 0.3 is 23.9 Å². The molecule has 0 aromatic heterocycles. The Balaban J connectivity index is 1.44. The van der Waals surface area contributed by atoms with E-state index >= 15 is 4.79 Å². The molecule has 3 saturated carbocycles. The van der Waals surface area contributed by atoms with E-state index in [1.54, 1.807) is 97.0 Å². The van der Waals surface area contributed by atoms with E-state index in [2.05, 4.69) is 0 Å². The third kappa shape index (κ3) is 7.80. The smallest absolute Gasteiger partial charge is 0.338 e. The number of hydroxylamine groups is 2. The number of piperidine rings is 1. The van der Waals surface area contributed by atoms with Gasteiger partial charge in [0.1, 0.15) is 23.9 Å². The van der Waals surface area contributed by atoms with Crippen LogP contribution in [0.4, 0.5) is 0 Å². The first-order chi connectivity index (χ1) is 30.3. The zero-order valence-electron chi connectivity index (χ0n) is 38.8. The molecule has 16 nitrogen and oxygen atoms in total. The zero-order chi connectivity index (χ0) is 47.8. The predicted octanol–water partition coefficient (Wildman–Crippen LogP) is 4.23. The van der Waals surface area contributed by atoms with Gasteiger partial charge in [-0.25, -0.2) is 9.59 Å². The predicted molar refractivity (Wildman–Crippen MR) is 231 cm³/mol. The number of aliphatic hydroxyl groups is 3. The first-order valence-electron chi connectivity index (χ1n) is 22.7. The number of carbonyl (C=O) groups is 5. The molecular weight excluding hydrogens is 841 g/mol. The van der Waals surface area contributed by atoms with Gasteiger partial charge in [0.25, 0.3) is 0 Å². The molecule has 7 rings (SSSR count). The number of carbonyl (C=O) groups excluding carboxylic acids is 5. The van der Waals surface area contributed by atoms with Gasteiger partial charge in [-0.05, 0) is 71.6 Å². The molecule has 14 atom stereocenters. The third-order valence-corrected chi connectivity index (χ3v) is 16.2. The third-order valence-electron chi connectivity index (χ3n) is 16.2. The Bertz CT molecular complexity index is 2140. The van der Waals surface area contributed by atoms with E-state index in [4.69, 9.17) is 29.4 Å². The lowest BCUT2D eigenvalue weighted by molar-refractivity contribution is -0.357. The SMILES string of the molecule is CCC1(C)C2C(C)[C@@H](OC(=O)[C@H](O)[C@@H](N)c3ccccc3)C[C@@]1(O)[C@@H](OC(=O)c1ccccc1)[C@@H]1[C@]3(OC(C)=O)CO[C@@H]3C[C@H](O)[C@@]1(C)C(=O)[C@@H]2OC(=O)C1CC(C)(C)N(O)C(C)(C)C1. The van der Waals surface area contributed by atoms with Crippen molar-refractivity contribution in [3.05, 3.63) is 71.8 Å². The number of fused-ring (bicyclic) bond motifs is 5. The van der Waals surface area contributed by atoms with Crippen LogP contribution < -0.4 is 5.73 Å². The highest BCUT2D eigenvalue weighted by atomic mass is 16.6. The van der Waals surface area contributed by atoms with Crippen molar-refractivity contribution < 1.29 is 68.2 Å². The average molecular weight is 907 g/mol. The molecule has 3 unspecified atom stereocenters. The van der Waals surface area contributed by atoms with E-state index in [0.717, 1.165) is 0 Å². The van der Waals surface area contributed by atoms with E-state index < -0.39 is 136 Å². The van der Waals surface area contributed by atoms with Gasteiger partial charge < -0.3 is 49.9 Å². The number of aliphatic hydroxyl groups excluding tert-OH is 2. The van der Waals surface area contributed by atoms with Crippen LogP contribution in [0.3, 0.4) is 0 Å². The maximum Gasteiger partial charge on any atom is 0.338 e. The molecule has 65 heavy (non-hydrogen) atoms. The summed E-state index contributed by atoms with van der Waals surface area (Å²) in [6.07, 6.45) is -9.61. The summed E-state index contributed by atoms with van der Waals surface area (Å²) in [6.45, 7) is 14.7. The summed E-state index contributed by atoms with van der Waals surface area (Å²) >= 11 is 0. The summed E-state index contributed by atoms with van der Waals surface area (Å²) in [5.74, 6) is -8.82. The molecule has 2 heterocycles. The van der Waals surface area contributed by atoms with Gasteiger partial charge in [-0.2, -0.15) is 5.06 Å². The van der Waals surface area contributed by atoms with Crippen LogP contribution in [0.2, 0.25) is 0 Å². The minimum atomic E-state index is -2.32. The molecule has 0 spiro atoms. The van der Waals surface area contributed by atoms with Gasteiger partial charge in [0.2, 0.25) is 0 Å². The number of ketones is 1. The molecule has 356 valence electrons. The molecular formula is C49H66N2O14. The fourth-order valence-corrected chi connectivity index (χ4v) is 12.6. The quantitative estimate of drug-likeness (QED) is 0.166. The lowest BCUT2D eigenvalue weighted by atomic mass is 9.41. The molecule has 2 aromatic carbocycles. The van der Waals surface area contributed by atoms with E-state index in [0.29, 0.717) is 5.56 Å². The van der Waals surface area contributed by atoms with Crippen LogP contribution >= 0.6 is 0 Å². The Labute approximate surface area is 380 Å². The van der Waals surface area contributed by atoms with Crippen molar-refractivity contribution >= 4 is 29.7 Å². The van der Waals surface area contributed by atoms with E-state index in [1.807, 2.05) is 0 Å². The van der Waals surface area contributed by atoms with Crippen molar-refractivity contribution in [1.29, 1.82) is 0 Å². The largest absolute Gasteiger partial charge is 0.460 e. The minimum absolute atomic E-state index is 0.0802. The van der Waals surface area contributed by atoms with Gasteiger partial charge in [0, 0.05) is 48.1 Å². The molecule has 0 radical (unpaired) electrons. The summed E-state index contributed by atoms with van der Waals surface area (Å²) in [5, 5.41) is 50.2. The van der Waals surface area contributed by atoms with Crippen LogP contribution in [0.5, 0.6) is 0 Å². The Morgan fingerprint density at radius 3 is 2.03 bits per heavy atom. The van der Waals surface area contributed by atoms with Crippen LogP contribution in [-0.4, -0.2) is 121 Å². The summed E-state index contributed by atoms with van der Waals surface area (Å²) < 4.78 is 31.4. The number of nitrogens with two attached hydrogens (primary N) is 1. The highest BCUT2D eigenvalue weighted by molar-refractivity contribution is 5.93. The van der Waals surface area contributed by atoms with Gasteiger partial charge in [-0.1, -0.05) is 69.3 Å². The normalized spacial score (nSPS) is 38.5. The van der Waals surface area contributed by atoms with Gasteiger partial charge in [-0.15, -0.1) is 0 Å². The van der Waals surface area contributed by atoms with Crippen LogP contribution in [0.1, 0.15) is 116 Å². The molecule has 2 bridgehead atoms. The summed E-state index contributed by atoms with van der Waals surface area (Å²) in [4.78, 5) is 72.8.